The molecular formula is C15H17IN4O3. The number of methoxy groups -OCH3 is 1. The maximum absolute atomic E-state index is 12.0. The van der Waals surface area contributed by atoms with E-state index >= 15 is 0 Å². The van der Waals surface area contributed by atoms with Gasteiger partial charge in [0, 0.05) is 16.9 Å². The number of halogens is 1. The second kappa shape index (κ2) is 8.63. The van der Waals surface area contributed by atoms with Crippen LogP contribution in [0.4, 0.5) is 5.69 Å². The van der Waals surface area contributed by atoms with E-state index in [1.807, 2.05) is 12.1 Å². The van der Waals surface area contributed by atoms with Crippen LogP contribution >= 0.6 is 22.6 Å². The molecule has 0 saturated carbocycles. The second-order valence-corrected chi connectivity index (χ2v) is 5.86. The fraction of sp³-hybridized carbons (Fsp3) is 0.267. The molecule has 0 aliphatic heterocycles. The third-order valence-corrected chi connectivity index (χ3v) is 3.91. The number of carbonyl (C=O) groups is 2. The van der Waals surface area contributed by atoms with Crippen LogP contribution in [0.2, 0.25) is 0 Å². The largest absolute Gasteiger partial charge is 0.383 e. The molecular weight excluding hydrogens is 411 g/mol. The van der Waals surface area contributed by atoms with Crippen LogP contribution in [0, 0.1) is 3.57 Å². The molecule has 0 aliphatic rings. The molecule has 0 radical (unpaired) electrons. The van der Waals surface area contributed by atoms with Gasteiger partial charge in [-0.15, -0.1) is 0 Å². The summed E-state index contributed by atoms with van der Waals surface area (Å²) in [6.07, 6.45) is 3.26. The summed E-state index contributed by atoms with van der Waals surface area (Å²) in [5.41, 5.74) is 1.13. The maximum Gasteiger partial charge on any atom is 0.252 e. The molecule has 23 heavy (non-hydrogen) atoms. The highest BCUT2D eigenvalue weighted by Gasteiger charge is 2.11. The lowest BCUT2D eigenvalue weighted by Crippen LogP contribution is -2.33. The molecule has 0 unspecified atom stereocenters. The average molecular weight is 428 g/mol. The summed E-state index contributed by atoms with van der Waals surface area (Å²) >= 11 is 2.08. The number of benzene rings is 1. The number of nitrogens with zero attached hydrogens (tertiary/aromatic N) is 2. The SMILES string of the molecule is COCCn1cc(NC(=O)CNC(=O)c2ccccc2I)cn1. The van der Waals surface area contributed by atoms with Gasteiger partial charge in [0.05, 0.1) is 37.1 Å². The first-order valence-corrected chi connectivity index (χ1v) is 8.02. The van der Waals surface area contributed by atoms with E-state index in [4.69, 9.17) is 4.74 Å². The highest BCUT2D eigenvalue weighted by Crippen LogP contribution is 2.11. The van der Waals surface area contributed by atoms with Crippen molar-refractivity contribution in [3.05, 3.63) is 45.8 Å². The van der Waals surface area contributed by atoms with Crippen molar-refractivity contribution in [2.24, 2.45) is 0 Å². The van der Waals surface area contributed by atoms with Gasteiger partial charge in [-0.1, -0.05) is 12.1 Å². The van der Waals surface area contributed by atoms with E-state index in [0.717, 1.165) is 3.57 Å². The van der Waals surface area contributed by atoms with Crippen LogP contribution < -0.4 is 10.6 Å². The summed E-state index contributed by atoms with van der Waals surface area (Å²) in [6, 6.07) is 7.19. The zero-order chi connectivity index (χ0) is 16.7. The monoisotopic (exact) mass is 428 g/mol. The number of nitrogens with one attached hydrogen (secondary N) is 2. The van der Waals surface area contributed by atoms with Crippen LogP contribution in [0.15, 0.2) is 36.7 Å². The van der Waals surface area contributed by atoms with E-state index in [0.29, 0.717) is 24.4 Å². The Balaban J connectivity index is 1.82. The Bertz CT molecular complexity index is 687. The van der Waals surface area contributed by atoms with Gasteiger partial charge in [0.25, 0.3) is 5.91 Å². The molecule has 0 saturated heterocycles. The van der Waals surface area contributed by atoms with Crippen molar-refractivity contribution < 1.29 is 14.3 Å². The van der Waals surface area contributed by atoms with E-state index in [1.54, 1.807) is 36.3 Å². The van der Waals surface area contributed by atoms with Crippen LogP contribution in [0.1, 0.15) is 10.4 Å². The minimum Gasteiger partial charge on any atom is -0.383 e. The first kappa shape index (κ1) is 17.4. The Morgan fingerprint density at radius 3 is 2.87 bits per heavy atom. The molecule has 8 heteroatoms. The lowest BCUT2D eigenvalue weighted by Gasteiger charge is -2.06. The smallest absolute Gasteiger partial charge is 0.252 e. The Kier molecular flexibility index (Phi) is 6.53. The molecule has 7 nitrogen and oxygen atoms in total. The summed E-state index contributed by atoms with van der Waals surface area (Å²) < 4.78 is 7.46. The summed E-state index contributed by atoms with van der Waals surface area (Å²) in [5.74, 6) is -0.587. The molecule has 122 valence electrons. The van der Waals surface area contributed by atoms with Gasteiger partial charge in [-0.3, -0.25) is 14.3 Å². The first-order valence-electron chi connectivity index (χ1n) is 6.94. The summed E-state index contributed by atoms with van der Waals surface area (Å²) in [5, 5.41) is 9.37. The number of amides is 2. The van der Waals surface area contributed by atoms with E-state index in [1.165, 1.54) is 0 Å². The fourth-order valence-corrected chi connectivity index (χ4v) is 2.47. The third kappa shape index (κ3) is 5.32. The van der Waals surface area contributed by atoms with Crippen LogP contribution in [-0.2, 0) is 16.1 Å². The van der Waals surface area contributed by atoms with Crippen molar-refractivity contribution >= 4 is 40.1 Å². The van der Waals surface area contributed by atoms with Crippen LogP contribution in [0.3, 0.4) is 0 Å². The Labute approximate surface area is 147 Å². The minimum absolute atomic E-state index is 0.104. The van der Waals surface area contributed by atoms with Gasteiger partial charge in [-0.05, 0) is 34.7 Å². The van der Waals surface area contributed by atoms with Gasteiger partial charge in [-0.25, -0.2) is 0 Å². The molecule has 0 aliphatic carbocycles. The number of carbonyl (C=O) groups excluding carboxylic acids is 2. The van der Waals surface area contributed by atoms with Crippen LogP contribution in [0.5, 0.6) is 0 Å². The lowest BCUT2D eigenvalue weighted by atomic mass is 10.2. The van der Waals surface area contributed by atoms with Crippen molar-refractivity contribution in [2.75, 3.05) is 25.6 Å². The van der Waals surface area contributed by atoms with Crippen molar-refractivity contribution in [3.63, 3.8) is 0 Å². The molecule has 2 aromatic rings. The van der Waals surface area contributed by atoms with Crippen molar-refractivity contribution in [1.82, 2.24) is 15.1 Å². The van der Waals surface area contributed by atoms with Crippen LogP contribution in [-0.4, -0.2) is 41.9 Å². The molecule has 0 spiro atoms. The maximum atomic E-state index is 12.0. The molecule has 0 atom stereocenters. The predicted octanol–water partition coefficient (Wildman–Crippen LogP) is 1.50. The predicted molar refractivity (Wildman–Crippen MR) is 94.2 cm³/mol. The number of hydrogen-bond acceptors (Lipinski definition) is 4. The molecule has 0 fully saturated rings. The Hall–Kier alpha value is -1.94. The van der Waals surface area contributed by atoms with Crippen molar-refractivity contribution in [1.29, 1.82) is 0 Å². The summed E-state index contributed by atoms with van der Waals surface area (Å²) in [7, 11) is 1.61. The lowest BCUT2D eigenvalue weighted by molar-refractivity contribution is -0.115. The van der Waals surface area contributed by atoms with Gasteiger partial charge >= 0.3 is 0 Å². The molecule has 2 amide bonds. The number of aromatic nitrogens is 2. The summed E-state index contributed by atoms with van der Waals surface area (Å²) in [6.45, 7) is 1.05. The highest BCUT2D eigenvalue weighted by atomic mass is 127. The number of rotatable bonds is 7. The van der Waals surface area contributed by atoms with E-state index < -0.39 is 0 Å². The van der Waals surface area contributed by atoms with E-state index in [-0.39, 0.29) is 18.4 Å². The number of hydrogen-bond donors (Lipinski definition) is 2. The molecule has 1 heterocycles. The number of anilines is 1. The fourth-order valence-electron chi connectivity index (χ4n) is 1.84. The molecule has 2 rings (SSSR count). The Morgan fingerprint density at radius 1 is 1.35 bits per heavy atom. The van der Waals surface area contributed by atoms with Gasteiger partial charge in [0.2, 0.25) is 5.91 Å². The molecule has 2 N–H and O–H groups in total. The number of ether oxygens (including phenoxy) is 1. The average Bonchev–Trinajstić information content (AvgIpc) is 2.98. The molecule has 0 bridgehead atoms. The first-order chi connectivity index (χ1) is 11.1. The van der Waals surface area contributed by atoms with E-state index in [2.05, 4.69) is 38.3 Å². The van der Waals surface area contributed by atoms with Gasteiger partial charge < -0.3 is 15.4 Å². The van der Waals surface area contributed by atoms with Crippen molar-refractivity contribution in [3.8, 4) is 0 Å². The normalized spacial score (nSPS) is 10.3. The minimum atomic E-state index is -0.310. The Morgan fingerprint density at radius 2 is 2.13 bits per heavy atom. The second-order valence-electron chi connectivity index (χ2n) is 4.70. The quantitative estimate of drug-likeness (QED) is 0.655. The zero-order valence-corrected chi connectivity index (χ0v) is 14.7. The van der Waals surface area contributed by atoms with Crippen molar-refractivity contribution in [2.45, 2.75) is 6.54 Å². The topological polar surface area (TPSA) is 85.2 Å². The van der Waals surface area contributed by atoms with Crippen LogP contribution in [0.25, 0.3) is 0 Å². The third-order valence-electron chi connectivity index (χ3n) is 2.97. The zero-order valence-electron chi connectivity index (χ0n) is 12.6. The van der Waals surface area contributed by atoms with E-state index in [9.17, 15) is 9.59 Å². The molecule has 1 aromatic carbocycles. The van der Waals surface area contributed by atoms with Gasteiger partial charge in [-0.2, -0.15) is 5.10 Å². The molecule has 1 aromatic heterocycles. The highest BCUT2D eigenvalue weighted by molar-refractivity contribution is 14.1. The van der Waals surface area contributed by atoms with Gasteiger partial charge in [0.15, 0.2) is 0 Å². The standard InChI is InChI=1S/C15H17IN4O3/c1-23-7-6-20-10-11(8-18-20)19-14(21)9-17-15(22)12-4-2-3-5-13(12)16/h2-5,8,10H,6-7,9H2,1H3,(H,17,22)(H,19,21). The van der Waals surface area contributed by atoms with Gasteiger partial charge in [0.1, 0.15) is 0 Å². The summed E-state index contributed by atoms with van der Waals surface area (Å²) in [4.78, 5) is 23.9.